The highest BCUT2D eigenvalue weighted by Crippen LogP contribution is 2.26. The van der Waals surface area contributed by atoms with E-state index in [1.165, 1.54) is 25.5 Å². The Hall–Kier alpha value is -1.11. The minimum absolute atomic E-state index is 0.256. The molecule has 0 fully saturated rings. The first-order chi connectivity index (χ1) is 8.11. The SMILES string of the molecule is CON(C)C(=O)[C@H]1CC(c2ccc(Cl)s2)=NO1. The minimum atomic E-state index is -0.615. The lowest BCUT2D eigenvalue weighted by molar-refractivity contribution is -0.179. The van der Waals surface area contributed by atoms with Crippen LogP contribution in [0.2, 0.25) is 4.34 Å². The van der Waals surface area contributed by atoms with E-state index in [-0.39, 0.29) is 5.91 Å². The summed E-state index contributed by atoms with van der Waals surface area (Å²) in [4.78, 5) is 22.6. The van der Waals surface area contributed by atoms with Gasteiger partial charge in [0.15, 0.2) is 0 Å². The van der Waals surface area contributed by atoms with E-state index in [9.17, 15) is 4.79 Å². The van der Waals surface area contributed by atoms with Crippen LogP contribution in [0.25, 0.3) is 0 Å². The fraction of sp³-hybridized carbons (Fsp3) is 0.400. The summed E-state index contributed by atoms with van der Waals surface area (Å²) in [6.45, 7) is 0. The number of hydrogen-bond donors (Lipinski definition) is 0. The van der Waals surface area contributed by atoms with Gasteiger partial charge in [-0.2, -0.15) is 0 Å². The molecule has 92 valence electrons. The van der Waals surface area contributed by atoms with Crippen LogP contribution in [0, 0.1) is 0 Å². The van der Waals surface area contributed by atoms with Gasteiger partial charge in [-0.15, -0.1) is 11.3 Å². The number of nitrogens with zero attached hydrogens (tertiary/aromatic N) is 2. The molecule has 2 heterocycles. The highest BCUT2D eigenvalue weighted by atomic mass is 35.5. The normalized spacial score (nSPS) is 18.8. The Kier molecular flexibility index (Phi) is 3.66. The highest BCUT2D eigenvalue weighted by Gasteiger charge is 2.31. The first-order valence-corrected chi connectivity index (χ1v) is 6.11. The molecule has 1 aliphatic rings. The quantitative estimate of drug-likeness (QED) is 0.791. The van der Waals surface area contributed by atoms with Crippen molar-refractivity contribution in [3.63, 3.8) is 0 Å². The lowest BCUT2D eigenvalue weighted by Gasteiger charge is -2.16. The Labute approximate surface area is 108 Å². The maximum Gasteiger partial charge on any atom is 0.290 e. The van der Waals surface area contributed by atoms with Crippen molar-refractivity contribution >= 4 is 34.6 Å². The number of carbonyl (C=O) groups excluding carboxylic acids is 1. The lowest BCUT2D eigenvalue weighted by Crippen LogP contribution is -2.35. The summed E-state index contributed by atoms with van der Waals surface area (Å²) in [6, 6.07) is 3.66. The fourth-order valence-electron chi connectivity index (χ4n) is 1.42. The summed E-state index contributed by atoms with van der Waals surface area (Å²) in [5.74, 6) is -0.256. The summed E-state index contributed by atoms with van der Waals surface area (Å²) in [5.41, 5.74) is 0.741. The molecule has 1 aromatic heterocycles. The first-order valence-electron chi connectivity index (χ1n) is 4.92. The third-order valence-corrected chi connectivity index (χ3v) is 3.67. The molecular formula is C10H11ClN2O3S. The van der Waals surface area contributed by atoms with Gasteiger partial charge >= 0.3 is 0 Å². The molecule has 0 unspecified atom stereocenters. The molecule has 7 heteroatoms. The number of oxime groups is 1. The zero-order valence-electron chi connectivity index (χ0n) is 9.34. The van der Waals surface area contributed by atoms with Gasteiger partial charge in [0, 0.05) is 13.5 Å². The number of hydroxylamine groups is 2. The van der Waals surface area contributed by atoms with Gasteiger partial charge < -0.3 is 4.84 Å². The average molecular weight is 275 g/mol. The molecule has 1 amide bonds. The lowest BCUT2D eigenvalue weighted by atomic mass is 10.1. The van der Waals surface area contributed by atoms with Crippen LogP contribution in [-0.4, -0.2) is 36.9 Å². The van der Waals surface area contributed by atoms with Crippen molar-refractivity contribution in [2.24, 2.45) is 5.16 Å². The molecule has 0 saturated heterocycles. The largest absolute Gasteiger partial charge is 0.382 e. The second kappa shape index (κ2) is 5.03. The highest BCUT2D eigenvalue weighted by molar-refractivity contribution is 7.18. The van der Waals surface area contributed by atoms with Gasteiger partial charge in [-0.1, -0.05) is 16.8 Å². The maximum absolute atomic E-state index is 11.7. The van der Waals surface area contributed by atoms with Crippen molar-refractivity contribution in [2.45, 2.75) is 12.5 Å². The molecule has 5 nitrogen and oxygen atoms in total. The summed E-state index contributed by atoms with van der Waals surface area (Å²) >= 11 is 7.25. The number of halogens is 1. The van der Waals surface area contributed by atoms with Gasteiger partial charge in [-0.3, -0.25) is 9.63 Å². The molecule has 0 aromatic carbocycles. The van der Waals surface area contributed by atoms with E-state index in [0.717, 1.165) is 15.7 Å². The molecule has 0 aliphatic carbocycles. The first kappa shape index (κ1) is 12.3. The fourth-order valence-corrected chi connectivity index (χ4v) is 2.45. The van der Waals surface area contributed by atoms with E-state index in [2.05, 4.69) is 5.16 Å². The van der Waals surface area contributed by atoms with Gasteiger partial charge in [0.25, 0.3) is 5.91 Å². The predicted molar refractivity (Wildman–Crippen MR) is 65.1 cm³/mol. The van der Waals surface area contributed by atoms with Crippen LogP contribution in [0.3, 0.4) is 0 Å². The van der Waals surface area contributed by atoms with Gasteiger partial charge in [0.1, 0.15) is 5.71 Å². The Bertz CT molecular complexity index is 460. The summed E-state index contributed by atoms with van der Waals surface area (Å²) in [7, 11) is 2.96. The van der Waals surface area contributed by atoms with Crippen LogP contribution in [0.1, 0.15) is 11.3 Å². The Morgan fingerprint density at radius 1 is 1.71 bits per heavy atom. The van der Waals surface area contributed by atoms with Crippen molar-refractivity contribution < 1.29 is 14.5 Å². The average Bonchev–Trinajstić information content (AvgIpc) is 2.95. The molecule has 0 radical (unpaired) electrons. The van der Waals surface area contributed by atoms with E-state index in [1.54, 1.807) is 6.07 Å². The monoisotopic (exact) mass is 274 g/mol. The second-order valence-corrected chi connectivity index (χ2v) is 5.17. The van der Waals surface area contributed by atoms with Crippen molar-refractivity contribution in [3.8, 4) is 0 Å². The molecule has 0 bridgehead atoms. The van der Waals surface area contributed by atoms with Crippen LogP contribution in [0.15, 0.2) is 17.3 Å². The number of thiophene rings is 1. The van der Waals surface area contributed by atoms with Crippen molar-refractivity contribution in [1.29, 1.82) is 0 Å². The van der Waals surface area contributed by atoms with Gasteiger partial charge in [-0.25, -0.2) is 5.06 Å². The Morgan fingerprint density at radius 2 is 2.47 bits per heavy atom. The molecule has 0 N–H and O–H groups in total. The van der Waals surface area contributed by atoms with E-state index >= 15 is 0 Å². The third kappa shape index (κ3) is 2.59. The Morgan fingerprint density at radius 3 is 3.06 bits per heavy atom. The van der Waals surface area contributed by atoms with Crippen LogP contribution in [0.5, 0.6) is 0 Å². The molecule has 2 rings (SSSR count). The summed E-state index contributed by atoms with van der Waals surface area (Å²) < 4.78 is 0.687. The van der Waals surface area contributed by atoms with Crippen molar-refractivity contribution in [1.82, 2.24) is 5.06 Å². The smallest absolute Gasteiger partial charge is 0.290 e. The Balaban J connectivity index is 2.02. The topological polar surface area (TPSA) is 51.1 Å². The zero-order chi connectivity index (χ0) is 12.4. The van der Waals surface area contributed by atoms with Gasteiger partial charge in [0.05, 0.1) is 16.3 Å². The van der Waals surface area contributed by atoms with E-state index in [0.29, 0.717) is 10.8 Å². The number of amides is 1. The van der Waals surface area contributed by atoms with E-state index in [1.807, 2.05) is 6.07 Å². The van der Waals surface area contributed by atoms with Gasteiger partial charge in [-0.05, 0) is 12.1 Å². The van der Waals surface area contributed by atoms with Gasteiger partial charge in [0.2, 0.25) is 6.10 Å². The molecule has 0 spiro atoms. The number of carbonyl (C=O) groups is 1. The second-order valence-electron chi connectivity index (χ2n) is 3.46. The van der Waals surface area contributed by atoms with Crippen molar-refractivity contribution in [2.75, 3.05) is 14.2 Å². The van der Waals surface area contributed by atoms with Crippen LogP contribution in [-0.2, 0) is 14.5 Å². The molecule has 1 aliphatic heterocycles. The van der Waals surface area contributed by atoms with E-state index < -0.39 is 6.10 Å². The molecule has 0 saturated carbocycles. The number of hydrogen-bond acceptors (Lipinski definition) is 5. The number of likely N-dealkylation sites (N-methyl/N-ethyl adjacent to an activating group) is 1. The minimum Gasteiger partial charge on any atom is -0.382 e. The van der Waals surface area contributed by atoms with Crippen LogP contribution < -0.4 is 0 Å². The van der Waals surface area contributed by atoms with Crippen LogP contribution >= 0.6 is 22.9 Å². The summed E-state index contributed by atoms with van der Waals surface area (Å²) in [5, 5.41) is 5.03. The maximum atomic E-state index is 11.7. The number of rotatable bonds is 3. The van der Waals surface area contributed by atoms with Crippen LogP contribution in [0.4, 0.5) is 0 Å². The molecule has 1 atom stereocenters. The molecule has 17 heavy (non-hydrogen) atoms. The molecular weight excluding hydrogens is 264 g/mol. The van der Waals surface area contributed by atoms with E-state index in [4.69, 9.17) is 21.3 Å². The molecule has 1 aromatic rings. The zero-order valence-corrected chi connectivity index (χ0v) is 10.9. The van der Waals surface area contributed by atoms with Crippen molar-refractivity contribution in [3.05, 3.63) is 21.3 Å². The third-order valence-electron chi connectivity index (χ3n) is 2.39. The predicted octanol–water partition coefficient (Wildman–Crippen LogP) is 1.91. The standard InChI is InChI=1S/C10H11ClN2O3S/c1-13(15-2)10(14)7-5-6(12-16-7)8-3-4-9(11)17-8/h3-4,7H,5H2,1-2H3/t7-/m1/s1. The summed E-state index contributed by atoms with van der Waals surface area (Å²) in [6.07, 6.45) is -0.181.